The van der Waals surface area contributed by atoms with Gasteiger partial charge in [0.15, 0.2) is 0 Å². The van der Waals surface area contributed by atoms with E-state index >= 15 is 0 Å². The summed E-state index contributed by atoms with van der Waals surface area (Å²) in [6, 6.07) is 16.0. The normalized spacial score (nSPS) is 10.8. The van der Waals surface area contributed by atoms with E-state index in [-0.39, 0.29) is 5.69 Å². The van der Waals surface area contributed by atoms with Gasteiger partial charge < -0.3 is 5.32 Å². The van der Waals surface area contributed by atoms with Crippen molar-refractivity contribution in [3.8, 4) is 16.8 Å². The largest absolute Gasteiger partial charge is 0.381 e. The highest BCUT2D eigenvalue weighted by Crippen LogP contribution is 2.20. The number of hydrogen-bond acceptors (Lipinski definition) is 4. The van der Waals surface area contributed by atoms with Crippen LogP contribution in [0, 0.1) is 0 Å². The molecule has 0 aliphatic carbocycles. The van der Waals surface area contributed by atoms with Crippen molar-refractivity contribution >= 4 is 5.69 Å². The van der Waals surface area contributed by atoms with E-state index in [0.29, 0.717) is 6.54 Å². The lowest BCUT2D eigenvalue weighted by Crippen LogP contribution is -2.21. The monoisotopic (exact) mass is 346 g/mol. The summed E-state index contributed by atoms with van der Waals surface area (Å²) in [5.41, 5.74) is 4.92. The molecule has 2 heterocycles. The minimum absolute atomic E-state index is 0.165. The summed E-state index contributed by atoms with van der Waals surface area (Å²) in [6.07, 6.45) is 5.19. The van der Waals surface area contributed by atoms with Gasteiger partial charge in [-0.25, -0.2) is 4.79 Å². The Hall–Kier alpha value is -3.61. The Kier molecular flexibility index (Phi) is 4.10. The van der Waals surface area contributed by atoms with Crippen LogP contribution < -0.4 is 11.0 Å². The van der Waals surface area contributed by atoms with Gasteiger partial charge in [0, 0.05) is 31.0 Å². The van der Waals surface area contributed by atoms with E-state index in [9.17, 15) is 4.79 Å². The second kappa shape index (κ2) is 6.72. The summed E-state index contributed by atoms with van der Waals surface area (Å²) in [5, 5.41) is 14.3. The van der Waals surface area contributed by atoms with Gasteiger partial charge in [0.05, 0.1) is 11.9 Å². The van der Waals surface area contributed by atoms with E-state index in [0.717, 1.165) is 22.5 Å². The fourth-order valence-corrected chi connectivity index (χ4v) is 2.75. The molecule has 4 rings (SSSR count). The zero-order chi connectivity index (χ0) is 17.9. The van der Waals surface area contributed by atoms with Gasteiger partial charge in [0.25, 0.3) is 0 Å². The van der Waals surface area contributed by atoms with Crippen molar-refractivity contribution in [1.82, 2.24) is 24.5 Å². The predicted octanol–water partition coefficient (Wildman–Crippen LogP) is 2.57. The molecule has 130 valence electrons. The van der Waals surface area contributed by atoms with Crippen LogP contribution >= 0.6 is 0 Å². The first-order valence-corrected chi connectivity index (χ1v) is 8.24. The molecule has 0 aliphatic rings. The van der Waals surface area contributed by atoms with Crippen LogP contribution in [0.5, 0.6) is 0 Å². The van der Waals surface area contributed by atoms with Crippen molar-refractivity contribution in [1.29, 1.82) is 0 Å². The summed E-state index contributed by atoms with van der Waals surface area (Å²) >= 11 is 0. The number of rotatable bonds is 5. The van der Waals surface area contributed by atoms with Gasteiger partial charge in [-0.15, -0.1) is 0 Å². The quantitative estimate of drug-likeness (QED) is 0.582. The minimum atomic E-state index is -0.165. The smallest absolute Gasteiger partial charge is 0.350 e. The number of aryl methyl sites for hydroxylation is 1. The Morgan fingerprint density at radius 1 is 1.12 bits per heavy atom. The molecule has 7 heteroatoms. The first-order chi connectivity index (χ1) is 12.7. The van der Waals surface area contributed by atoms with Crippen LogP contribution in [0.1, 0.15) is 5.56 Å². The maximum atomic E-state index is 11.9. The lowest BCUT2D eigenvalue weighted by molar-refractivity contribution is 0.799. The topological polar surface area (TPSA) is 80.5 Å². The predicted molar refractivity (Wildman–Crippen MR) is 100 cm³/mol. The Balaban J connectivity index is 1.46. The summed E-state index contributed by atoms with van der Waals surface area (Å²) in [4.78, 5) is 11.9. The van der Waals surface area contributed by atoms with Crippen LogP contribution in [0.4, 0.5) is 5.69 Å². The van der Waals surface area contributed by atoms with Crippen LogP contribution in [0.25, 0.3) is 16.8 Å². The maximum absolute atomic E-state index is 11.9. The molecule has 0 aliphatic heterocycles. The Morgan fingerprint density at radius 3 is 2.65 bits per heavy atom. The molecule has 2 N–H and O–H groups in total. The number of benzene rings is 2. The van der Waals surface area contributed by atoms with Gasteiger partial charge in [0.1, 0.15) is 6.33 Å². The fraction of sp³-hybridized carbons (Fsp3) is 0.105. The van der Waals surface area contributed by atoms with Crippen molar-refractivity contribution in [3.05, 3.63) is 83.3 Å². The van der Waals surface area contributed by atoms with E-state index in [4.69, 9.17) is 0 Å². The van der Waals surface area contributed by atoms with Crippen molar-refractivity contribution in [2.75, 3.05) is 5.32 Å². The van der Waals surface area contributed by atoms with Gasteiger partial charge in [-0.1, -0.05) is 18.2 Å². The molecule has 0 unspecified atom stereocenters. The number of nitrogens with one attached hydrogen (secondary N) is 2. The number of nitrogens with zero attached hydrogens (tertiary/aromatic N) is 4. The summed E-state index contributed by atoms with van der Waals surface area (Å²) in [6.45, 7) is 0.703. The van der Waals surface area contributed by atoms with E-state index in [1.54, 1.807) is 7.05 Å². The Morgan fingerprint density at radius 2 is 1.96 bits per heavy atom. The zero-order valence-corrected chi connectivity index (χ0v) is 14.3. The third-order valence-corrected chi connectivity index (χ3v) is 4.19. The second-order valence-corrected chi connectivity index (χ2v) is 6.02. The maximum Gasteiger partial charge on any atom is 0.350 e. The van der Waals surface area contributed by atoms with Crippen molar-refractivity contribution in [3.63, 3.8) is 0 Å². The molecule has 0 radical (unpaired) electrons. The Labute approximate surface area is 149 Å². The lowest BCUT2D eigenvalue weighted by Gasteiger charge is -2.09. The number of aromatic nitrogens is 5. The number of aromatic amines is 1. The summed E-state index contributed by atoms with van der Waals surface area (Å²) in [5.74, 6) is 0. The number of H-pyrrole nitrogens is 1. The highest BCUT2D eigenvalue weighted by molar-refractivity contribution is 5.62. The molecule has 0 spiro atoms. The molecule has 2 aromatic heterocycles. The standard InChI is InChI=1S/C19H18N6O/c1-24-13-23-25(19(24)26)18-7-5-17(6-8-18)20-10-14-3-2-4-15(9-14)16-11-21-22-12-16/h2-9,11-13,20H,10H2,1H3,(H,21,22). The lowest BCUT2D eigenvalue weighted by atomic mass is 10.1. The van der Waals surface area contributed by atoms with Gasteiger partial charge in [-0.2, -0.15) is 14.9 Å². The van der Waals surface area contributed by atoms with E-state index < -0.39 is 0 Å². The van der Waals surface area contributed by atoms with Crippen LogP contribution in [0.15, 0.2) is 72.0 Å². The fourth-order valence-electron chi connectivity index (χ4n) is 2.75. The van der Waals surface area contributed by atoms with Crippen molar-refractivity contribution in [2.45, 2.75) is 6.54 Å². The molecule has 0 saturated heterocycles. The van der Waals surface area contributed by atoms with E-state index in [1.165, 1.54) is 21.1 Å². The van der Waals surface area contributed by atoms with E-state index in [1.807, 2.05) is 42.7 Å². The third kappa shape index (κ3) is 3.14. The summed E-state index contributed by atoms with van der Waals surface area (Å²) < 4.78 is 2.82. The van der Waals surface area contributed by atoms with Crippen LogP contribution in [-0.2, 0) is 13.6 Å². The average Bonchev–Trinajstić information content (AvgIpc) is 3.32. The third-order valence-electron chi connectivity index (χ3n) is 4.19. The molecule has 0 amide bonds. The average molecular weight is 346 g/mol. The van der Waals surface area contributed by atoms with Crippen molar-refractivity contribution < 1.29 is 0 Å². The summed E-state index contributed by atoms with van der Waals surface area (Å²) in [7, 11) is 1.68. The molecule has 2 aromatic carbocycles. The molecule has 4 aromatic rings. The van der Waals surface area contributed by atoms with Crippen LogP contribution in [0.3, 0.4) is 0 Å². The first-order valence-electron chi connectivity index (χ1n) is 8.24. The minimum Gasteiger partial charge on any atom is -0.381 e. The first kappa shape index (κ1) is 15.9. The highest BCUT2D eigenvalue weighted by atomic mass is 16.2. The zero-order valence-electron chi connectivity index (χ0n) is 14.3. The molecule has 0 fully saturated rings. The highest BCUT2D eigenvalue weighted by Gasteiger charge is 2.05. The molecular weight excluding hydrogens is 328 g/mol. The van der Waals surface area contributed by atoms with Crippen molar-refractivity contribution in [2.24, 2.45) is 7.05 Å². The molecule has 26 heavy (non-hydrogen) atoms. The van der Waals surface area contributed by atoms with E-state index in [2.05, 4.69) is 38.8 Å². The van der Waals surface area contributed by atoms with Crippen LogP contribution in [0.2, 0.25) is 0 Å². The van der Waals surface area contributed by atoms with Gasteiger partial charge in [-0.3, -0.25) is 9.67 Å². The molecule has 0 atom stereocenters. The number of hydrogen-bond donors (Lipinski definition) is 2. The second-order valence-electron chi connectivity index (χ2n) is 6.02. The molecular formula is C19H18N6O. The van der Waals surface area contributed by atoms with Crippen LogP contribution in [-0.4, -0.2) is 24.5 Å². The molecule has 7 nitrogen and oxygen atoms in total. The Bertz CT molecular complexity index is 1060. The SMILES string of the molecule is Cn1cnn(-c2ccc(NCc3cccc(-c4cn[nH]c4)c3)cc2)c1=O. The van der Waals surface area contributed by atoms with Gasteiger partial charge >= 0.3 is 5.69 Å². The molecule has 0 saturated carbocycles. The molecule has 0 bridgehead atoms. The van der Waals surface area contributed by atoms with Gasteiger partial charge in [-0.05, 0) is 41.5 Å². The van der Waals surface area contributed by atoms with Gasteiger partial charge in [0.2, 0.25) is 0 Å². The number of anilines is 1.